The van der Waals surface area contributed by atoms with Crippen molar-refractivity contribution in [2.45, 2.75) is 26.9 Å². The smallest absolute Gasteiger partial charge is 0.254 e. The largest absolute Gasteiger partial charge is 0.389 e. The summed E-state index contributed by atoms with van der Waals surface area (Å²) in [5.41, 5.74) is 1.28. The Morgan fingerprint density at radius 3 is 2.83 bits per heavy atom. The highest BCUT2D eigenvalue weighted by Crippen LogP contribution is 2.08. The Labute approximate surface area is 111 Å². The maximum atomic E-state index is 11.7. The minimum Gasteiger partial charge on any atom is -0.389 e. The zero-order valence-electron chi connectivity index (χ0n) is 11.0. The standard InChI is InChI=1S/C12H20N2O3S/c1-8(2)5-17-6-10(15)4-13-12(16)11-7-18-14-9(11)3/h7-8,10,15H,4-6H2,1-3H3,(H,13,16). The maximum Gasteiger partial charge on any atom is 0.254 e. The molecule has 5 nitrogen and oxygen atoms in total. The summed E-state index contributed by atoms with van der Waals surface area (Å²) < 4.78 is 9.32. The van der Waals surface area contributed by atoms with Crippen LogP contribution in [0.3, 0.4) is 0 Å². The van der Waals surface area contributed by atoms with Crippen molar-refractivity contribution in [3.05, 3.63) is 16.6 Å². The number of nitrogens with one attached hydrogen (secondary N) is 1. The number of ether oxygens (including phenoxy) is 1. The second kappa shape index (κ2) is 7.45. The van der Waals surface area contributed by atoms with Gasteiger partial charge in [0.2, 0.25) is 0 Å². The third-order valence-electron chi connectivity index (χ3n) is 2.25. The SMILES string of the molecule is Cc1nscc1C(=O)NCC(O)COCC(C)C. The molecule has 0 aliphatic rings. The maximum absolute atomic E-state index is 11.7. The number of nitrogens with zero attached hydrogens (tertiary/aromatic N) is 1. The Kier molecular flexibility index (Phi) is 6.24. The lowest BCUT2D eigenvalue weighted by Gasteiger charge is -2.13. The summed E-state index contributed by atoms with van der Waals surface area (Å²) in [6.45, 7) is 6.90. The predicted molar refractivity (Wildman–Crippen MR) is 70.8 cm³/mol. The van der Waals surface area contributed by atoms with Gasteiger partial charge in [-0.25, -0.2) is 0 Å². The van der Waals surface area contributed by atoms with Crippen LogP contribution in [-0.2, 0) is 4.74 Å². The molecule has 0 aromatic carbocycles. The van der Waals surface area contributed by atoms with E-state index in [1.165, 1.54) is 11.5 Å². The van der Waals surface area contributed by atoms with Crippen LogP contribution in [0.25, 0.3) is 0 Å². The minimum absolute atomic E-state index is 0.187. The van der Waals surface area contributed by atoms with Gasteiger partial charge in [0.05, 0.1) is 24.0 Å². The number of rotatable bonds is 7. The molecule has 0 bridgehead atoms. The molecule has 1 aromatic heterocycles. The van der Waals surface area contributed by atoms with E-state index in [-0.39, 0.29) is 19.1 Å². The molecule has 1 heterocycles. The number of amides is 1. The highest BCUT2D eigenvalue weighted by molar-refractivity contribution is 7.03. The molecule has 0 aliphatic carbocycles. The summed E-state index contributed by atoms with van der Waals surface area (Å²) >= 11 is 1.25. The van der Waals surface area contributed by atoms with Gasteiger partial charge in [-0.05, 0) is 24.4 Å². The van der Waals surface area contributed by atoms with Crippen molar-refractivity contribution < 1.29 is 14.6 Å². The minimum atomic E-state index is -0.681. The quantitative estimate of drug-likeness (QED) is 0.783. The lowest BCUT2D eigenvalue weighted by molar-refractivity contribution is 0.0259. The Hall–Kier alpha value is -0.980. The van der Waals surface area contributed by atoms with Gasteiger partial charge < -0.3 is 15.2 Å². The van der Waals surface area contributed by atoms with Gasteiger partial charge >= 0.3 is 0 Å². The Balaban J connectivity index is 2.24. The lowest BCUT2D eigenvalue weighted by atomic mass is 10.2. The van der Waals surface area contributed by atoms with Crippen LogP contribution in [0.4, 0.5) is 0 Å². The van der Waals surface area contributed by atoms with Gasteiger partial charge in [-0.15, -0.1) is 0 Å². The molecule has 1 aromatic rings. The van der Waals surface area contributed by atoms with Crippen molar-refractivity contribution in [3.63, 3.8) is 0 Å². The summed E-state index contributed by atoms with van der Waals surface area (Å²) in [7, 11) is 0. The molecule has 2 N–H and O–H groups in total. The number of aliphatic hydroxyl groups excluding tert-OH is 1. The van der Waals surface area contributed by atoms with Crippen molar-refractivity contribution in [2.75, 3.05) is 19.8 Å². The number of aryl methyl sites for hydroxylation is 1. The third kappa shape index (κ3) is 5.12. The number of carbonyl (C=O) groups is 1. The molecule has 1 unspecified atom stereocenters. The molecule has 1 rings (SSSR count). The van der Waals surface area contributed by atoms with E-state index in [0.29, 0.717) is 23.8 Å². The molecule has 0 radical (unpaired) electrons. The van der Waals surface area contributed by atoms with E-state index in [4.69, 9.17) is 4.74 Å². The van der Waals surface area contributed by atoms with Gasteiger partial charge in [0, 0.05) is 18.5 Å². The van der Waals surface area contributed by atoms with Gasteiger partial charge in [-0.2, -0.15) is 4.37 Å². The summed E-state index contributed by atoms with van der Waals surface area (Å²) in [6.07, 6.45) is -0.681. The first-order chi connectivity index (χ1) is 8.50. The average molecular weight is 272 g/mol. The van der Waals surface area contributed by atoms with Crippen LogP contribution in [0, 0.1) is 12.8 Å². The number of carbonyl (C=O) groups excluding carboxylic acids is 1. The van der Waals surface area contributed by atoms with E-state index < -0.39 is 6.10 Å². The molecule has 102 valence electrons. The first kappa shape index (κ1) is 15.1. The first-order valence-corrected chi connectivity index (χ1v) is 6.79. The van der Waals surface area contributed by atoms with Crippen LogP contribution in [-0.4, -0.2) is 41.2 Å². The summed E-state index contributed by atoms with van der Waals surface area (Å²) in [5, 5.41) is 14.0. The number of hydrogen-bond donors (Lipinski definition) is 2. The van der Waals surface area contributed by atoms with Gasteiger partial charge in [-0.3, -0.25) is 4.79 Å². The fraction of sp³-hybridized carbons (Fsp3) is 0.667. The van der Waals surface area contributed by atoms with Crippen LogP contribution in [0.2, 0.25) is 0 Å². The molecule has 6 heteroatoms. The Bertz CT molecular complexity index is 379. The van der Waals surface area contributed by atoms with E-state index in [9.17, 15) is 9.90 Å². The number of hydrogen-bond acceptors (Lipinski definition) is 5. The van der Waals surface area contributed by atoms with Crippen molar-refractivity contribution >= 4 is 17.4 Å². The number of aromatic nitrogens is 1. The highest BCUT2D eigenvalue weighted by Gasteiger charge is 2.12. The van der Waals surface area contributed by atoms with Crippen molar-refractivity contribution in [1.29, 1.82) is 0 Å². The molecule has 0 aliphatic heterocycles. The lowest BCUT2D eigenvalue weighted by Crippen LogP contribution is -2.34. The van der Waals surface area contributed by atoms with Crippen molar-refractivity contribution in [2.24, 2.45) is 5.92 Å². The van der Waals surface area contributed by atoms with E-state index in [1.54, 1.807) is 12.3 Å². The Morgan fingerprint density at radius 2 is 2.28 bits per heavy atom. The van der Waals surface area contributed by atoms with Gasteiger partial charge in [0.1, 0.15) is 0 Å². The van der Waals surface area contributed by atoms with Crippen LogP contribution in [0.5, 0.6) is 0 Å². The van der Waals surface area contributed by atoms with Gasteiger partial charge in [-0.1, -0.05) is 13.8 Å². The summed E-state index contributed by atoms with van der Waals surface area (Å²) in [4.78, 5) is 11.7. The highest BCUT2D eigenvalue weighted by atomic mass is 32.1. The van der Waals surface area contributed by atoms with Crippen LogP contribution >= 0.6 is 11.5 Å². The van der Waals surface area contributed by atoms with Gasteiger partial charge in [0.25, 0.3) is 5.91 Å². The monoisotopic (exact) mass is 272 g/mol. The number of aliphatic hydroxyl groups is 1. The third-order valence-corrected chi connectivity index (χ3v) is 2.97. The van der Waals surface area contributed by atoms with E-state index in [0.717, 1.165) is 0 Å². The first-order valence-electron chi connectivity index (χ1n) is 5.95. The Morgan fingerprint density at radius 1 is 1.56 bits per heavy atom. The summed E-state index contributed by atoms with van der Waals surface area (Å²) in [6, 6.07) is 0. The second-order valence-electron chi connectivity index (χ2n) is 4.61. The molecule has 1 amide bonds. The summed E-state index contributed by atoms with van der Waals surface area (Å²) in [5.74, 6) is 0.232. The molecule has 0 fully saturated rings. The molecular formula is C12H20N2O3S. The van der Waals surface area contributed by atoms with Gasteiger partial charge in [0.15, 0.2) is 0 Å². The molecule has 18 heavy (non-hydrogen) atoms. The fourth-order valence-corrected chi connectivity index (χ4v) is 2.01. The van der Waals surface area contributed by atoms with E-state index in [2.05, 4.69) is 9.69 Å². The van der Waals surface area contributed by atoms with Crippen molar-refractivity contribution in [1.82, 2.24) is 9.69 Å². The predicted octanol–water partition coefficient (Wildman–Crippen LogP) is 1.21. The normalized spacial score (nSPS) is 12.7. The van der Waals surface area contributed by atoms with Crippen LogP contribution in [0.1, 0.15) is 29.9 Å². The fourth-order valence-electron chi connectivity index (χ4n) is 1.31. The van der Waals surface area contributed by atoms with Crippen LogP contribution in [0.15, 0.2) is 5.38 Å². The molecule has 0 saturated carbocycles. The van der Waals surface area contributed by atoms with Crippen LogP contribution < -0.4 is 5.32 Å². The topological polar surface area (TPSA) is 71.5 Å². The van der Waals surface area contributed by atoms with E-state index >= 15 is 0 Å². The molecular weight excluding hydrogens is 252 g/mol. The zero-order chi connectivity index (χ0) is 13.5. The van der Waals surface area contributed by atoms with E-state index in [1.807, 2.05) is 13.8 Å². The second-order valence-corrected chi connectivity index (χ2v) is 5.24. The molecule has 0 saturated heterocycles. The van der Waals surface area contributed by atoms with Crippen molar-refractivity contribution in [3.8, 4) is 0 Å². The molecule has 0 spiro atoms. The molecule has 1 atom stereocenters. The average Bonchev–Trinajstić information content (AvgIpc) is 2.72. The zero-order valence-corrected chi connectivity index (χ0v) is 11.8.